The second kappa shape index (κ2) is 8.58. The molecular formula is C25H34N3O+. The predicted molar refractivity (Wildman–Crippen MR) is 119 cm³/mol. The molecule has 4 rings (SSSR count). The van der Waals surface area contributed by atoms with Gasteiger partial charge in [0.05, 0.1) is 7.05 Å². The van der Waals surface area contributed by atoms with Crippen molar-refractivity contribution in [2.75, 3.05) is 44.7 Å². The first-order chi connectivity index (χ1) is 14.0. The summed E-state index contributed by atoms with van der Waals surface area (Å²) in [6, 6.07) is 15.7. The first kappa shape index (κ1) is 20.0. The average molecular weight is 393 g/mol. The van der Waals surface area contributed by atoms with Crippen molar-refractivity contribution in [2.24, 2.45) is 0 Å². The quantitative estimate of drug-likeness (QED) is 0.866. The van der Waals surface area contributed by atoms with Crippen LogP contribution in [0.2, 0.25) is 0 Å². The fourth-order valence-corrected chi connectivity index (χ4v) is 5.01. The molecule has 0 radical (unpaired) electrons. The van der Waals surface area contributed by atoms with Crippen LogP contribution in [0.15, 0.2) is 42.5 Å². The molecule has 1 N–H and O–H groups in total. The van der Waals surface area contributed by atoms with Crippen LogP contribution < -0.4 is 9.80 Å². The zero-order chi connectivity index (χ0) is 20.4. The third-order valence-corrected chi connectivity index (χ3v) is 6.94. The summed E-state index contributed by atoms with van der Waals surface area (Å²) in [5.41, 5.74) is 6.92. The summed E-state index contributed by atoms with van der Waals surface area (Å²) in [6.07, 6.45) is 3.58. The van der Waals surface area contributed by atoms with Crippen LogP contribution >= 0.6 is 0 Å². The number of nitrogens with one attached hydrogen (secondary N) is 1. The van der Waals surface area contributed by atoms with Crippen molar-refractivity contribution >= 4 is 11.6 Å². The number of fused-ring (bicyclic) bond motifs is 1. The lowest BCUT2D eigenvalue weighted by Crippen LogP contribution is -3.10. The van der Waals surface area contributed by atoms with Crippen LogP contribution in [0.25, 0.3) is 0 Å². The van der Waals surface area contributed by atoms with Gasteiger partial charge in [0.2, 0.25) is 0 Å². The molecule has 1 saturated heterocycles. The molecule has 0 spiro atoms. The Kier molecular flexibility index (Phi) is 5.91. The highest BCUT2D eigenvalue weighted by Gasteiger charge is 2.30. The maximum absolute atomic E-state index is 13.0. The van der Waals surface area contributed by atoms with Crippen LogP contribution in [0.1, 0.15) is 41.1 Å². The van der Waals surface area contributed by atoms with Gasteiger partial charge in [-0.1, -0.05) is 36.4 Å². The van der Waals surface area contributed by atoms with Crippen LogP contribution in [0, 0.1) is 13.8 Å². The summed E-state index contributed by atoms with van der Waals surface area (Å²) in [5.74, 6) is 0.297. The van der Waals surface area contributed by atoms with Crippen LogP contribution in [0.4, 0.5) is 5.69 Å². The number of piperazine rings is 1. The van der Waals surface area contributed by atoms with Crippen LogP contribution in [-0.2, 0) is 11.2 Å². The highest BCUT2D eigenvalue weighted by Crippen LogP contribution is 2.27. The lowest BCUT2D eigenvalue weighted by Gasteiger charge is -2.38. The number of benzene rings is 2. The van der Waals surface area contributed by atoms with Gasteiger partial charge in [0, 0.05) is 43.9 Å². The zero-order valence-corrected chi connectivity index (χ0v) is 18.1. The van der Waals surface area contributed by atoms with Gasteiger partial charge in [-0.2, -0.15) is 0 Å². The highest BCUT2D eigenvalue weighted by molar-refractivity contribution is 5.77. The summed E-state index contributed by atoms with van der Waals surface area (Å²) in [6.45, 7) is 8.43. The molecule has 1 aliphatic carbocycles. The molecule has 1 heterocycles. The summed E-state index contributed by atoms with van der Waals surface area (Å²) in [5, 5.41) is 0. The second-order valence-electron chi connectivity index (χ2n) is 8.75. The fourth-order valence-electron chi connectivity index (χ4n) is 5.01. The van der Waals surface area contributed by atoms with E-state index in [0.717, 1.165) is 26.2 Å². The molecule has 0 bridgehead atoms. The van der Waals surface area contributed by atoms with Crippen molar-refractivity contribution in [1.82, 2.24) is 4.90 Å². The number of rotatable bonds is 4. The van der Waals surface area contributed by atoms with E-state index in [-0.39, 0.29) is 0 Å². The second-order valence-corrected chi connectivity index (χ2v) is 8.75. The number of nitrogens with zero attached hydrogens (tertiary/aromatic N) is 2. The predicted octanol–water partition coefficient (Wildman–Crippen LogP) is 2.54. The molecular weight excluding hydrogens is 358 g/mol. The number of likely N-dealkylation sites (N-methyl/N-ethyl adjacent to an activating group) is 1. The Morgan fingerprint density at radius 2 is 1.79 bits per heavy atom. The van der Waals surface area contributed by atoms with Gasteiger partial charge in [0.15, 0.2) is 6.54 Å². The standard InChI is InChI=1S/C25H33N3O/c1-19-8-6-12-23(20(19)2)27-14-16-28(17-15-27)25(29)18-26(3)24-13-7-10-21-9-4-5-11-22(21)24/h4-6,8-9,11-12,24H,7,10,13-18H2,1-3H3/p+1/t24-/m0/s1. The highest BCUT2D eigenvalue weighted by atomic mass is 16.2. The monoisotopic (exact) mass is 392 g/mol. The van der Waals surface area contributed by atoms with Gasteiger partial charge in [-0.15, -0.1) is 0 Å². The fraction of sp³-hybridized carbons (Fsp3) is 0.480. The number of anilines is 1. The molecule has 2 aromatic carbocycles. The minimum absolute atomic E-state index is 0.297. The lowest BCUT2D eigenvalue weighted by atomic mass is 9.87. The van der Waals surface area contributed by atoms with Gasteiger partial charge in [0.25, 0.3) is 5.91 Å². The minimum Gasteiger partial charge on any atom is -0.368 e. The van der Waals surface area contributed by atoms with Crippen LogP contribution in [0.5, 0.6) is 0 Å². The SMILES string of the molecule is Cc1cccc(N2CCN(C(=O)C[NH+](C)[C@H]3CCCc4ccccc43)CC2)c1C. The van der Waals surface area contributed by atoms with Crippen molar-refractivity contribution in [2.45, 2.75) is 39.2 Å². The topological polar surface area (TPSA) is 28.0 Å². The Morgan fingerprint density at radius 1 is 1.03 bits per heavy atom. The van der Waals surface area contributed by atoms with Gasteiger partial charge in [-0.3, -0.25) is 4.79 Å². The van der Waals surface area contributed by atoms with Crippen molar-refractivity contribution in [3.8, 4) is 0 Å². The van der Waals surface area contributed by atoms with E-state index in [4.69, 9.17) is 0 Å². The van der Waals surface area contributed by atoms with Gasteiger partial charge in [-0.05, 0) is 49.4 Å². The molecule has 4 nitrogen and oxygen atoms in total. The van der Waals surface area contributed by atoms with Gasteiger partial charge < -0.3 is 14.7 Å². The molecule has 154 valence electrons. The molecule has 1 amide bonds. The van der Waals surface area contributed by atoms with E-state index in [1.54, 1.807) is 0 Å². The average Bonchev–Trinajstić information content (AvgIpc) is 2.75. The Morgan fingerprint density at radius 3 is 2.59 bits per heavy atom. The normalized spacial score (nSPS) is 20.3. The molecule has 1 aliphatic heterocycles. The van der Waals surface area contributed by atoms with E-state index in [0.29, 0.717) is 18.5 Å². The van der Waals surface area contributed by atoms with Crippen molar-refractivity contribution in [3.63, 3.8) is 0 Å². The molecule has 2 aliphatic rings. The van der Waals surface area contributed by atoms with E-state index >= 15 is 0 Å². The van der Waals surface area contributed by atoms with E-state index in [1.807, 2.05) is 0 Å². The summed E-state index contributed by atoms with van der Waals surface area (Å²) >= 11 is 0. The smallest absolute Gasteiger partial charge is 0.277 e. The Bertz CT molecular complexity index is 870. The molecule has 2 aromatic rings. The largest absolute Gasteiger partial charge is 0.368 e. The van der Waals surface area contributed by atoms with Crippen LogP contribution in [-0.4, -0.2) is 50.6 Å². The number of carbonyl (C=O) groups is 1. The molecule has 2 atom stereocenters. The maximum Gasteiger partial charge on any atom is 0.277 e. The Balaban J connectivity index is 1.35. The first-order valence-electron chi connectivity index (χ1n) is 11.0. The Hall–Kier alpha value is -2.33. The lowest BCUT2D eigenvalue weighted by molar-refractivity contribution is -0.905. The summed E-state index contributed by atoms with van der Waals surface area (Å²) in [7, 11) is 2.19. The van der Waals surface area contributed by atoms with E-state index in [2.05, 4.69) is 73.2 Å². The number of hydrogen-bond acceptors (Lipinski definition) is 2. The van der Waals surface area contributed by atoms with Gasteiger partial charge in [0.1, 0.15) is 6.04 Å². The zero-order valence-electron chi connectivity index (χ0n) is 18.1. The molecule has 1 unspecified atom stereocenters. The molecule has 0 aromatic heterocycles. The van der Waals surface area contributed by atoms with Gasteiger partial charge >= 0.3 is 0 Å². The molecule has 0 saturated carbocycles. The third kappa shape index (κ3) is 4.18. The first-order valence-corrected chi connectivity index (χ1v) is 11.0. The van der Waals surface area contributed by atoms with Crippen molar-refractivity contribution in [1.29, 1.82) is 0 Å². The Labute approximate surface area is 175 Å². The number of aryl methyl sites for hydroxylation is 2. The summed E-state index contributed by atoms with van der Waals surface area (Å²) in [4.78, 5) is 18.8. The van der Waals surface area contributed by atoms with E-state index in [1.165, 1.54) is 52.1 Å². The van der Waals surface area contributed by atoms with Crippen molar-refractivity contribution < 1.29 is 9.69 Å². The minimum atomic E-state index is 0.297. The number of amides is 1. The molecule has 4 heteroatoms. The maximum atomic E-state index is 13.0. The van der Waals surface area contributed by atoms with E-state index < -0.39 is 0 Å². The van der Waals surface area contributed by atoms with Crippen molar-refractivity contribution in [3.05, 3.63) is 64.7 Å². The number of quaternary nitrogens is 1. The molecule has 29 heavy (non-hydrogen) atoms. The van der Waals surface area contributed by atoms with E-state index in [9.17, 15) is 4.79 Å². The van der Waals surface area contributed by atoms with Crippen LogP contribution in [0.3, 0.4) is 0 Å². The third-order valence-electron chi connectivity index (χ3n) is 6.94. The number of carbonyl (C=O) groups excluding carboxylic acids is 1. The molecule has 1 fully saturated rings. The number of hydrogen-bond donors (Lipinski definition) is 1. The van der Waals surface area contributed by atoms with Gasteiger partial charge in [-0.25, -0.2) is 0 Å². The summed E-state index contributed by atoms with van der Waals surface area (Å²) < 4.78 is 0.